The zero-order chi connectivity index (χ0) is 46.3. The number of aromatic nitrogens is 1. The third kappa shape index (κ3) is 16.8. The maximum atomic E-state index is 13.9. The normalized spacial score (nSPS) is 15.5. The van der Waals surface area contributed by atoms with Gasteiger partial charge >= 0.3 is 5.97 Å². The summed E-state index contributed by atoms with van der Waals surface area (Å²) in [4.78, 5) is 108. The summed E-state index contributed by atoms with van der Waals surface area (Å²) in [5, 5.41) is 28.9. The molecule has 1 heterocycles. The van der Waals surface area contributed by atoms with Crippen molar-refractivity contribution in [2.45, 2.75) is 150 Å². The predicted molar refractivity (Wildman–Crippen MR) is 231 cm³/mol. The van der Waals surface area contributed by atoms with E-state index in [9.17, 15) is 43.5 Å². The molecule has 2 aromatic rings. The number of nitrogens with one attached hydrogen (secondary N) is 8. The number of benzene rings is 1. The lowest BCUT2D eigenvalue weighted by Gasteiger charge is -2.27. The lowest BCUT2D eigenvalue weighted by atomic mass is 9.99. The average Bonchev–Trinajstić information content (AvgIpc) is 3.57. The number of fused-ring (bicyclic) bond motifs is 1. The Hall–Kier alpha value is -5.52. The van der Waals surface area contributed by atoms with Gasteiger partial charge in [0.15, 0.2) is 0 Å². The van der Waals surface area contributed by atoms with Crippen molar-refractivity contribution in [1.29, 1.82) is 0 Å². The first-order chi connectivity index (χ1) is 28.4. The van der Waals surface area contributed by atoms with Gasteiger partial charge in [0.05, 0.1) is 6.04 Å². The molecule has 61 heavy (non-hydrogen) atoms. The standard InChI is InChI=1S/C43H69N9O9/c1-21(2)16-31(51-42(59)35(44)24(7)8)39(56)48-26(10)37(54)46-25(9)36(53)47-27(11)38(55)49-32(17-22(3)4)40(57)50-33(41(58)52-34(43(60)61)18-23(5)6)19-28-20-45-30-15-13-12-14-29(28)30/h12-15,20-27,31-35,45H,16-19,44H2,1-11H3,(H,46,54)(H,47,53)(H,48,56)(H,49,55)(H,50,57)(H,51,59)(H,52,58)(H,60,61)/t25-,26-,27-,31-,32-,33-,34-,35-/m0/s1. The minimum Gasteiger partial charge on any atom is -0.480 e. The van der Waals surface area contributed by atoms with E-state index < -0.39 is 95.7 Å². The van der Waals surface area contributed by atoms with Crippen LogP contribution in [-0.4, -0.2) is 106 Å². The van der Waals surface area contributed by atoms with Crippen molar-refractivity contribution in [3.05, 3.63) is 36.0 Å². The van der Waals surface area contributed by atoms with E-state index in [2.05, 4.69) is 42.2 Å². The zero-order valence-electron chi connectivity index (χ0n) is 37.4. The first-order valence-corrected chi connectivity index (χ1v) is 21.1. The van der Waals surface area contributed by atoms with Crippen LogP contribution >= 0.6 is 0 Å². The maximum absolute atomic E-state index is 13.9. The van der Waals surface area contributed by atoms with Crippen molar-refractivity contribution >= 4 is 58.2 Å². The van der Waals surface area contributed by atoms with Crippen LogP contribution in [0.5, 0.6) is 0 Å². The second-order valence-corrected chi connectivity index (χ2v) is 17.5. The maximum Gasteiger partial charge on any atom is 0.326 e. The van der Waals surface area contributed by atoms with Gasteiger partial charge in [0.2, 0.25) is 41.4 Å². The van der Waals surface area contributed by atoms with Gasteiger partial charge in [-0.1, -0.05) is 73.6 Å². The number of rotatable bonds is 24. The van der Waals surface area contributed by atoms with Gasteiger partial charge in [-0.25, -0.2) is 4.79 Å². The molecule has 1 aromatic carbocycles. The second kappa shape index (κ2) is 24.1. The molecular weight excluding hydrogens is 787 g/mol. The molecule has 340 valence electrons. The lowest BCUT2D eigenvalue weighted by Crippen LogP contribution is -2.59. The lowest BCUT2D eigenvalue weighted by molar-refractivity contribution is -0.142. The van der Waals surface area contributed by atoms with E-state index in [-0.39, 0.29) is 42.9 Å². The fraction of sp³-hybridized carbons (Fsp3) is 0.628. The van der Waals surface area contributed by atoms with Crippen molar-refractivity contribution < 1.29 is 43.5 Å². The van der Waals surface area contributed by atoms with Crippen LogP contribution in [0.1, 0.15) is 101 Å². The SMILES string of the molecule is CC(C)C[C@H](NC(=O)[C@H](Cc1c[nH]c2ccccc12)NC(=O)[C@H](CC(C)C)NC(=O)[C@H](C)NC(=O)[C@H](C)NC(=O)[C@H](C)NC(=O)[C@H](CC(C)C)NC(=O)[C@@H](N)C(C)C)C(=O)O. The largest absolute Gasteiger partial charge is 0.480 e. The number of carboxylic acid groups (broad SMARTS) is 1. The van der Waals surface area contributed by atoms with E-state index in [1.807, 2.05) is 65.8 Å². The van der Waals surface area contributed by atoms with Gasteiger partial charge in [-0.2, -0.15) is 0 Å². The van der Waals surface area contributed by atoms with E-state index in [1.54, 1.807) is 20.0 Å². The Morgan fingerprint density at radius 1 is 0.525 bits per heavy atom. The third-order valence-corrected chi connectivity index (χ3v) is 10.0. The van der Waals surface area contributed by atoms with Gasteiger partial charge in [-0.15, -0.1) is 0 Å². The molecule has 18 nitrogen and oxygen atoms in total. The molecule has 0 aliphatic heterocycles. The highest BCUT2D eigenvalue weighted by Crippen LogP contribution is 2.20. The monoisotopic (exact) mass is 856 g/mol. The number of H-pyrrole nitrogens is 1. The second-order valence-electron chi connectivity index (χ2n) is 17.5. The predicted octanol–water partition coefficient (Wildman–Crippen LogP) is 1.37. The Balaban J connectivity index is 2.14. The molecule has 11 N–H and O–H groups in total. The van der Waals surface area contributed by atoms with Crippen LogP contribution in [-0.2, 0) is 44.8 Å². The molecule has 0 fully saturated rings. The summed E-state index contributed by atoms with van der Waals surface area (Å²) < 4.78 is 0. The van der Waals surface area contributed by atoms with Crippen molar-refractivity contribution in [2.24, 2.45) is 29.4 Å². The number of amides is 7. The van der Waals surface area contributed by atoms with E-state index in [0.717, 1.165) is 10.9 Å². The number of aliphatic carboxylic acids is 1. The summed E-state index contributed by atoms with van der Waals surface area (Å²) in [6, 6.07) is -1.38. The van der Waals surface area contributed by atoms with Crippen LogP contribution in [0, 0.1) is 23.7 Å². The highest BCUT2D eigenvalue weighted by molar-refractivity contribution is 5.97. The molecule has 0 unspecified atom stereocenters. The number of hydrogen-bond donors (Lipinski definition) is 10. The Kier molecular flexibility index (Phi) is 20.4. The van der Waals surface area contributed by atoms with Gasteiger partial charge in [0, 0.05) is 23.5 Å². The van der Waals surface area contributed by atoms with Gasteiger partial charge in [0.1, 0.15) is 42.3 Å². The fourth-order valence-electron chi connectivity index (χ4n) is 6.43. The Morgan fingerprint density at radius 2 is 0.902 bits per heavy atom. The molecule has 7 amide bonds. The number of carbonyl (C=O) groups excluding carboxylic acids is 7. The van der Waals surface area contributed by atoms with Crippen LogP contribution in [0.4, 0.5) is 0 Å². The van der Waals surface area contributed by atoms with Crippen molar-refractivity contribution in [3.8, 4) is 0 Å². The van der Waals surface area contributed by atoms with Crippen LogP contribution in [0.3, 0.4) is 0 Å². The van der Waals surface area contributed by atoms with Crippen LogP contribution in [0.25, 0.3) is 10.9 Å². The fourth-order valence-corrected chi connectivity index (χ4v) is 6.43. The Bertz CT molecular complexity index is 1840. The van der Waals surface area contributed by atoms with E-state index >= 15 is 0 Å². The van der Waals surface area contributed by atoms with Crippen LogP contribution < -0.4 is 43.0 Å². The number of nitrogens with two attached hydrogens (primary N) is 1. The van der Waals surface area contributed by atoms with E-state index in [4.69, 9.17) is 5.73 Å². The quantitative estimate of drug-likeness (QED) is 0.0724. The summed E-state index contributed by atoms with van der Waals surface area (Å²) in [6.45, 7) is 18.9. The summed E-state index contributed by atoms with van der Waals surface area (Å²) >= 11 is 0. The van der Waals surface area contributed by atoms with Crippen molar-refractivity contribution in [1.82, 2.24) is 42.2 Å². The highest BCUT2D eigenvalue weighted by atomic mass is 16.4. The zero-order valence-corrected chi connectivity index (χ0v) is 37.4. The molecule has 0 aliphatic carbocycles. The minimum absolute atomic E-state index is 0.0123. The van der Waals surface area contributed by atoms with Crippen LogP contribution in [0.15, 0.2) is 30.5 Å². The molecule has 0 saturated carbocycles. The van der Waals surface area contributed by atoms with Gasteiger partial charge in [-0.05, 0) is 75.3 Å². The number of carbonyl (C=O) groups is 8. The third-order valence-electron chi connectivity index (χ3n) is 10.0. The molecule has 0 spiro atoms. The summed E-state index contributed by atoms with van der Waals surface area (Å²) in [6.07, 6.45) is 2.35. The molecule has 0 saturated heterocycles. The van der Waals surface area contributed by atoms with E-state index in [1.165, 1.54) is 20.8 Å². The molecule has 0 aliphatic rings. The first kappa shape index (κ1) is 51.6. The van der Waals surface area contributed by atoms with Gasteiger partial charge in [-0.3, -0.25) is 33.6 Å². The molecular formula is C43H69N9O9. The van der Waals surface area contributed by atoms with Gasteiger partial charge < -0.3 is 53.0 Å². The molecule has 1 aromatic heterocycles. The average molecular weight is 856 g/mol. The topological polar surface area (TPSA) is 283 Å². The molecule has 0 bridgehead atoms. The summed E-state index contributed by atoms with van der Waals surface area (Å²) in [7, 11) is 0. The first-order valence-electron chi connectivity index (χ1n) is 21.1. The summed E-state index contributed by atoms with van der Waals surface area (Å²) in [5.74, 6) is -6.11. The Morgan fingerprint density at radius 3 is 1.38 bits per heavy atom. The smallest absolute Gasteiger partial charge is 0.326 e. The number of hydrogen-bond acceptors (Lipinski definition) is 9. The Labute approximate surface area is 358 Å². The number of para-hydroxylation sites is 1. The van der Waals surface area contributed by atoms with Crippen LogP contribution in [0.2, 0.25) is 0 Å². The molecule has 0 radical (unpaired) electrons. The molecule has 8 atom stereocenters. The number of carboxylic acids is 1. The van der Waals surface area contributed by atoms with Gasteiger partial charge in [0.25, 0.3) is 0 Å². The van der Waals surface area contributed by atoms with Crippen molar-refractivity contribution in [2.75, 3.05) is 0 Å². The molecule has 2 rings (SSSR count). The molecule has 18 heteroatoms. The minimum atomic E-state index is -1.22. The van der Waals surface area contributed by atoms with Crippen molar-refractivity contribution in [3.63, 3.8) is 0 Å². The highest BCUT2D eigenvalue weighted by Gasteiger charge is 2.33. The number of aromatic amines is 1. The summed E-state index contributed by atoms with van der Waals surface area (Å²) in [5.41, 5.74) is 7.47. The van der Waals surface area contributed by atoms with E-state index in [0.29, 0.717) is 12.0 Å².